The molecule has 2 rings (SSSR count). The number of rotatable bonds is 3. The molecule has 8 nitrogen and oxygen atoms in total. The van der Waals surface area contributed by atoms with Crippen LogP contribution in [0.4, 0.5) is 17.1 Å². The van der Waals surface area contributed by atoms with Gasteiger partial charge in [0.05, 0.1) is 5.69 Å². The van der Waals surface area contributed by atoms with Crippen molar-refractivity contribution in [3.63, 3.8) is 0 Å². The summed E-state index contributed by atoms with van der Waals surface area (Å²) in [6, 6.07) is 10.5. The number of aromatic hydroxyl groups is 1. The largest absolute Gasteiger partial charge is 0.504 e. The van der Waals surface area contributed by atoms with Crippen LogP contribution in [0.2, 0.25) is 5.02 Å². The fourth-order valence-corrected chi connectivity index (χ4v) is 2.21. The quantitative estimate of drug-likeness (QED) is 0.373. The summed E-state index contributed by atoms with van der Waals surface area (Å²) in [4.78, 5) is 4.90. The van der Waals surface area contributed by atoms with Crippen molar-refractivity contribution in [1.29, 1.82) is 5.26 Å². The molecule has 0 radical (unpaired) electrons. The Labute approximate surface area is 143 Å². The Morgan fingerprint density at radius 3 is 2.50 bits per heavy atom. The van der Waals surface area contributed by atoms with Gasteiger partial charge in [0.15, 0.2) is 11.9 Å². The van der Waals surface area contributed by atoms with Gasteiger partial charge < -0.3 is 10.8 Å². The summed E-state index contributed by atoms with van der Waals surface area (Å²) >= 11 is 5.78. The number of halogens is 1. The Morgan fingerprint density at radius 2 is 1.92 bits per heavy atom. The van der Waals surface area contributed by atoms with E-state index in [9.17, 15) is 18.8 Å². The van der Waals surface area contributed by atoms with Crippen molar-refractivity contribution < 1.29 is 13.5 Å². The van der Waals surface area contributed by atoms with Crippen molar-refractivity contribution in [2.75, 3.05) is 4.90 Å². The predicted octanol–water partition coefficient (Wildman–Crippen LogP) is 2.67. The first-order valence-electron chi connectivity index (χ1n) is 6.35. The number of phenols is 1. The summed E-state index contributed by atoms with van der Waals surface area (Å²) < 4.78 is 24.5. The molecule has 0 fully saturated rings. The van der Waals surface area contributed by atoms with E-state index in [0.717, 1.165) is 4.90 Å². The van der Waals surface area contributed by atoms with Crippen LogP contribution >= 0.6 is 11.6 Å². The molecule has 0 aliphatic carbocycles. The minimum atomic E-state index is -2.76. The fraction of sp³-hybridized carbons (Fsp3) is 0. The van der Waals surface area contributed by atoms with Crippen LogP contribution < -0.4 is 10.6 Å². The maximum absolute atomic E-state index is 10.7. The molecule has 122 valence electrons. The van der Waals surface area contributed by atoms with E-state index in [-0.39, 0.29) is 17.3 Å². The first kappa shape index (κ1) is 17.3. The zero-order chi connectivity index (χ0) is 17.7. The number of aliphatic imine (C=N–C) groups is 1. The molecule has 0 aliphatic heterocycles. The first-order valence-corrected chi connectivity index (χ1v) is 7.76. The van der Waals surface area contributed by atoms with Crippen LogP contribution in [-0.2, 0) is 10.5 Å². The Hall–Kier alpha value is -3.09. The minimum absolute atomic E-state index is 0.0561. The third kappa shape index (κ3) is 4.01. The molecule has 0 aromatic heterocycles. The number of anilines is 1. The second-order valence-corrected chi connectivity index (χ2v) is 5.39. The van der Waals surface area contributed by atoms with Crippen molar-refractivity contribution in [2.45, 2.75) is 0 Å². The minimum Gasteiger partial charge on any atom is -0.504 e. The summed E-state index contributed by atoms with van der Waals surface area (Å²) in [5.74, 6) is -0.743. The first-order chi connectivity index (χ1) is 11.4. The van der Waals surface area contributed by atoms with Gasteiger partial charge in [-0.25, -0.2) is 9.89 Å². The predicted molar refractivity (Wildman–Crippen MR) is 89.9 cm³/mol. The lowest BCUT2D eigenvalue weighted by Crippen LogP contribution is -2.33. The van der Waals surface area contributed by atoms with Crippen molar-refractivity contribution in [1.82, 2.24) is 0 Å². The van der Waals surface area contributed by atoms with Gasteiger partial charge in [0.25, 0.3) is 0 Å². The maximum Gasteiger partial charge on any atom is 0.316 e. The highest BCUT2D eigenvalue weighted by atomic mass is 35.5. The van der Waals surface area contributed by atoms with E-state index in [1.807, 2.05) is 0 Å². The number of hydrogen-bond acceptors (Lipinski definition) is 6. The Balaban J connectivity index is 2.47. The van der Waals surface area contributed by atoms with E-state index >= 15 is 0 Å². The number of guanidine groups is 1. The van der Waals surface area contributed by atoms with Crippen LogP contribution in [0.15, 0.2) is 51.8 Å². The second-order valence-electron chi connectivity index (χ2n) is 4.34. The molecule has 0 amide bonds. The molecule has 0 aliphatic rings. The number of phenolic OH excluding ortho intramolecular Hbond substituents is 1. The molecular weight excluding hydrogens is 354 g/mol. The lowest BCUT2D eigenvalue weighted by atomic mass is 10.2. The molecule has 0 unspecified atom stereocenters. The molecule has 24 heavy (non-hydrogen) atoms. The Kier molecular flexibility index (Phi) is 5.36. The molecule has 2 aromatic rings. The van der Waals surface area contributed by atoms with Gasteiger partial charge in [-0.2, -0.15) is 13.7 Å². The van der Waals surface area contributed by atoms with Gasteiger partial charge in [-0.1, -0.05) is 17.7 Å². The van der Waals surface area contributed by atoms with E-state index in [2.05, 4.69) is 9.36 Å². The number of nitriles is 1. The van der Waals surface area contributed by atoms with E-state index in [4.69, 9.17) is 17.3 Å². The molecule has 0 saturated heterocycles. The summed E-state index contributed by atoms with van der Waals surface area (Å²) in [6.07, 6.45) is 1.77. The molecule has 0 heterocycles. The monoisotopic (exact) mass is 363 g/mol. The zero-order valence-electron chi connectivity index (χ0n) is 12.0. The van der Waals surface area contributed by atoms with E-state index in [0.29, 0.717) is 10.7 Å². The van der Waals surface area contributed by atoms with Crippen molar-refractivity contribution in [3.05, 3.63) is 47.5 Å². The SMILES string of the molecule is N#CN(C(N)=Nc1ccc(Cl)cc1)c1cccc(N=S(=O)=O)c1O. The van der Waals surface area contributed by atoms with Crippen LogP contribution in [0, 0.1) is 11.5 Å². The molecule has 0 spiro atoms. The van der Waals surface area contributed by atoms with Gasteiger partial charge in [-0.05, 0) is 36.4 Å². The summed E-state index contributed by atoms with van der Waals surface area (Å²) in [5, 5.41) is 19.9. The zero-order valence-corrected chi connectivity index (χ0v) is 13.5. The van der Waals surface area contributed by atoms with E-state index < -0.39 is 16.3 Å². The van der Waals surface area contributed by atoms with Crippen molar-refractivity contribution in [2.24, 2.45) is 15.1 Å². The number of benzene rings is 2. The molecule has 2 aromatic carbocycles. The highest BCUT2D eigenvalue weighted by Crippen LogP contribution is 2.36. The summed E-state index contributed by atoms with van der Waals surface area (Å²) in [5.41, 5.74) is 5.97. The lowest BCUT2D eigenvalue weighted by Gasteiger charge is -2.16. The Bertz CT molecular complexity index is 957. The van der Waals surface area contributed by atoms with Crippen LogP contribution in [0.25, 0.3) is 0 Å². The van der Waals surface area contributed by atoms with Gasteiger partial charge in [0.2, 0.25) is 5.96 Å². The smallest absolute Gasteiger partial charge is 0.316 e. The molecule has 0 atom stereocenters. The van der Waals surface area contributed by atoms with Crippen LogP contribution in [-0.4, -0.2) is 19.5 Å². The standard InChI is InChI=1S/C14H10ClN5O3S/c15-9-4-6-10(7-5-9)18-14(17)20(8-16)12-3-1-2-11(13(12)21)19-24(22)23/h1-7,21H,(H2,17,18). The van der Waals surface area contributed by atoms with Gasteiger partial charge in [0.1, 0.15) is 11.4 Å². The topological polar surface area (TPSA) is 132 Å². The van der Waals surface area contributed by atoms with Gasteiger partial charge in [-0.3, -0.25) is 0 Å². The number of nitrogens with zero attached hydrogens (tertiary/aromatic N) is 4. The Morgan fingerprint density at radius 1 is 1.25 bits per heavy atom. The number of nitrogens with two attached hydrogens (primary N) is 1. The fourth-order valence-electron chi connectivity index (χ4n) is 1.78. The number of hydrogen-bond donors (Lipinski definition) is 2. The summed E-state index contributed by atoms with van der Waals surface area (Å²) in [7, 11) is -2.76. The van der Waals surface area contributed by atoms with E-state index in [1.54, 1.807) is 30.5 Å². The average molecular weight is 364 g/mol. The normalized spacial score (nSPS) is 10.8. The average Bonchev–Trinajstić information content (AvgIpc) is 2.53. The van der Waals surface area contributed by atoms with Crippen molar-refractivity contribution >= 4 is 45.1 Å². The third-order valence-electron chi connectivity index (χ3n) is 2.81. The summed E-state index contributed by atoms with van der Waals surface area (Å²) in [6.45, 7) is 0. The van der Waals surface area contributed by atoms with Crippen LogP contribution in [0.1, 0.15) is 0 Å². The molecule has 0 saturated carbocycles. The van der Waals surface area contributed by atoms with Gasteiger partial charge >= 0.3 is 10.5 Å². The molecular formula is C14H10ClN5O3S. The molecule has 10 heteroatoms. The molecule has 0 bridgehead atoms. The lowest BCUT2D eigenvalue weighted by molar-refractivity contribution is 0.478. The van der Waals surface area contributed by atoms with Gasteiger partial charge in [-0.15, -0.1) is 4.36 Å². The van der Waals surface area contributed by atoms with Crippen LogP contribution in [0.3, 0.4) is 0 Å². The van der Waals surface area contributed by atoms with E-state index in [1.165, 1.54) is 18.2 Å². The highest BCUT2D eigenvalue weighted by molar-refractivity contribution is 7.61. The number of para-hydroxylation sites is 1. The second kappa shape index (κ2) is 7.45. The third-order valence-corrected chi connectivity index (χ3v) is 3.40. The van der Waals surface area contributed by atoms with Crippen LogP contribution in [0.5, 0.6) is 5.75 Å². The maximum atomic E-state index is 10.7. The highest BCUT2D eigenvalue weighted by Gasteiger charge is 2.17. The van der Waals surface area contributed by atoms with Gasteiger partial charge in [0, 0.05) is 5.02 Å². The molecule has 3 N–H and O–H groups in total. The van der Waals surface area contributed by atoms with Crippen molar-refractivity contribution in [3.8, 4) is 11.9 Å².